The van der Waals surface area contributed by atoms with Crippen molar-refractivity contribution in [2.45, 2.75) is 31.7 Å². The molecule has 2 heterocycles. The fourth-order valence-electron chi connectivity index (χ4n) is 4.44. The van der Waals surface area contributed by atoms with Gasteiger partial charge in [0.05, 0.1) is 0 Å². The molecule has 1 aliphatic heterocycles. The second-order valence-electron chi connectivity index (χ2n) is 9.34. The van der Waals surface area contributed by atoms with Gasteiger partial charge >= 0.3 is 0 Å². The molecule has 5 rings (SSSR count). The van der Waals surface area contributed by atoms with Crippen LogP contribution in [0.3, 0.4) is 0 Å². The highest BCUT2D eigenvalue weighted by atomic mass is 35.5. The van der Waals surface area contributed by atoms with Crippen LogP contribution in [0.2, 0.25) is 5.02 Å². The maximum absolute atomic E-state index is 6.07. The maximum Gasteiger partial charge on any atom is 0.119 e. The average Bonchev–Trinajstić information content (AvgIpc) is 3.73. The lowest BCUT2D eigenvalue weighted by molar-refractivity contribution is 0.0276. The van der Waals surface area contributed by atoms with Gasteiger partial charge in [-0.25, -0.2) is 4.98 Å². The molecule has 0 atom stereocenters. The standard InChI is InChI=1S/C30H31ClN2O2/c31-27-9-6-25(7-10-27)26-8-12-28(32-21-26)11-3-23-4-13-30(14-5-23)35-20-17-33(22-24-1-2-24)29-15-18-34-19-16-29/h4-10,12-14,21,24,29H,1-2,15-20,22H2. The third-order valence-corrected chi connectivity index (χ3v) is 6.93. The van der Waals surface area contributed by atoms with E-state index in [2.05, 4.69) is 21.7 Å². The SMILES string of the molecule is Clc1ccc(-c2ccc(C#Cc3ccc(OCCN(CC4CC4)C4CCOCC4)cc3)nc2)cc1. The monoisotopic (exact) mass is 486 g/mol. The van der Waals surface area contributed by atoms with Crippen LogP contribution in [-0.2, 0) is 4.74 Å². The van der Waals surface area contributed by atoms with Crippen LogP contribution in [0, 0.1) is 17.8 Å². The molecule has 0 radical (unpaired) electrons. The van der Waals surface area contributed by atoms with Crippen molar-refractivity contribution in [1.82, 2.24) is 9.88 Å². The van der Waals surface area contributed by atoms with Crippen LogP contribution >= 0.6 is 11.6 Å². The molecule has 5 heteroatoms. The molecule has 1 saturated heterocycles. The van der Waals surface area contributed by atoms with Gasteiger partial charge in [-0.1, -0.05) is 35.7 Å². The molecule has 2 aliphatic rings. The smallest absolute Gasteiger partial charge is 0.119 e. The van der Waals surface area contributed by atoms with Crippen molar-refractivity contribution in [3.8, 4) is 28.7 Å². The van der Waals surface area contributed by atoms with Crippen molar-refractivity contribution in [3.63, 3.8) is 0 Å². The van der Waals surface area contributed by atoms with Crippen LogP contribution in [0.4, 0.5) is 0 Å². The Hall–Kier alpha value is -2.84. The average molecular weight is 487 g/mol. The molecule has 35 heavy (non-hydrogen) atoms. The predicted octanol–water partition coefficient (Wildman–Crippen LogP) is 6.07. The molecular weight excluding hydrogens is 456 g/mol. The van der Waals surface area contributed by atoms with Crippen molar-refractivity contribution >= 4 is 11.6 Å². The number of rotatable bonds is 8. The molecular formula is C30H31ClN2O2. The molecule has 0 N–H and O–H groups in total. The minimum atomic E-state index is 0.638. The molecule has 1 saturated carbocycles. The molecule has 2 aromatic carbocycles. The Morgan fingerprint density at radius 2 is 1.63 bits per heavy atom. The molecule has 0 spiro atoms. The van der Waals surface area contributed by atoms with Crippen LogP contribution in [0.25, 0.3) is 11.1 Å². The highest BCUT2D eigenvalue weighted by Crippen LogP contribution is 2.31. The van der Waals surface area contributed by atoms with Gasteiger partial charge in [0.25, 0.3) is 0 Å². The van der Waals surface area contributed by atoms with E-state index in [1.165, 1.54) is 19.4 Å². The predicted molar refractivity (Wildman–Crippen MR) is 141 cm³/mol. The second-order valence-corrected chi connectivity index (χ2v) is 9.78. The molecule has 3 aromatic rings. The highest BCUT2D eigenvalue weighted by Gasteiger charge is 2.29. The van der Waals surface area contributed by atoms with E-state index in [9.17, 15) is 0 Å². The van der Waals surface area contributed by atoms with E-state index in [1.54, 1.807) is 0 Å². The zero-order valence-electron chi connectivity index (χ0n) is 20.0. The number of nitrogens with zero attached hydrogens (tertiary/aromatic N) is 2. The second kappa shape index (κ2) is 11.7. The molecule has 1 aromatic heterocycles. The molecule has 1 aliphatic carbocycles. The van der Waals surface area contributed by atoms with Gasteiger partial charge < -0.3 is 9.47 Å². The first kappa shape index (κ1) is 23.9. The summed E-state index contributed by atoms with van der Waals surface area (Å²) in [5.41, 5.74) is 3.81. The van der Waals surface area contributed by atoms with Gasteiger partial charge in [0.1, 0.15) is 18.1 Å². The van der Waals surface area contributed by atoms with Crippen molar-refractivity contribution in [1.29, 1.82) is 0 Å². The van der Waals surface area contributed by atoms with Gasteiger partial charge in [0.2, 0.25) is 0 Å². The summed E-state index contributed by atoms with van der Waals surface area (Å²) in [7, 11) is 0. The van der Waals surface area contributed by atoms with Crippen LogP contribution in [0.15, 0.2) is 66.9 Å². The normalized spacial score (nSPS) is 16.1. The first-order valence-electron chi connectivity index (χ1n) is 12.5. The summed E-state index contributed by atoms with van der Waals surface area (Å²) in [4.78, 5) is 7.12. The Balaban J connectivity index is 1.12. The van der Waals surface area contributed by atoms with Crippen LogP contribution in [0.5, 0.6) is 5.75 Å². The fourth-order valence-corrected chi connectivity index (χ4v) is 4.56. The van der Waals surface area contributed by atoms with Crippen molar-refractivity contribution in [2.24, 2.45) is 5.92 Å². The molecule has 2 fully saturated rings. The van der Waals surface area contributed by atoms with E-state index >= 15 is 0 Å². The van der Waals surface area contributed by atoms with Crippen molar-refractivity contribution in [2.75, 3.05) is 32.9 Å². The molecule has 0 bridgehead atoms. The zero-order valence-corrected chi connectivity index (χ0v) is 20.7. The maximum atomic E-state index is 6.07. The molecule has 0 unspecified atom stereocenters. The molecule has 180 valence electrons. The topological polar surface area (TPSA) is 34.6 Å². The summed E-state index contributed by atoms with van der Waals surface area (Å²) in [5, 5.41) is 0.728. The Morgan fingerprint density at radius 1 is 0.886 bits per heavy atom. The van der Waals surface area contributed by atoms with Crippen molar-refractivity contribution in [3.05, 3.63) is 83.1 Å². The van der Waals surface area contributed by atoms with Crippen LogP contribution in [-0.4, -0.2) is 48.8 Å². The largest absolute Gasteiger partial charge is 0.492 e. The van der Waals surface area contributed by atoms with Gasteiger partial charge in [0.15, 0.2) is 0 Å². The van der Waals surface area contributed by atoms with Gasteiger partial charge in [0, 0.05) is 54.7 Å². The number of aromatic nitrogens is 1. The Morgan fingerprint density at radius 3 is 2.31 bits per heavy atom. The first-order valence-corrected chi connectivity index (χ1v) is 12.9. The molecule has 4 nitrogen and oxygen atoms in total. The molecule has 0 amide bonds. The van der Waals surface area contributed by atoms with Gasteiger partial charge in [-0.2, -0.15) is 0 Å². The summed E-state index contributed by atoms with van der Waals surface area (Å²) in [6, 6.07) is 20.4. The van der Waals surface area contributed by atoms with Crippen LogP contribution in [0.1, 0.15) is 36.9 Å². The highest BCUT2D eigenvalue weighted by molar-refractivity contribution is 6.30. The van der Waals surface area contributed by atoms with Gasteiger partial charge in [-0.15, -0.1) is 0 Å². The number of pyridine rings is 1. The third kappa shape index (κ3) is 7.08. The minimum absolute atomic E-state index is 0.638. The quantitative estimate of drug-likeness (QED) is 0.362. The number of benzene rings is 2. The van der Waals surface area contributed by atoms with Gasteiger partial charge in [-0.3, -0.25) is 4.90 Å². The first-order chi connectivity index (χ1) is 17.2. The van der Waals surface area contributed by atoms with E-state index in [0.29, 0.717) is 12.6 Å². The Kier molecular flexibility index (Phi) is 8.00. The lowest BCUT2D eigenvalue weighted by Crippen LogP contribution is -2.42. The lowest BCUT2D eigenvalue weighted by Gasteiger charge is -2.34. The third-order valence-electron chi connectivity index (χ3n) is 6.67. The number of hydrogen-bond donors (Lipinski definition) is 0. The number of halogens is 1. The number of hydrogen-bond acceptors (Lipinski definition) is 4. The van der Waals surface area contributed by atoms with Crippen molar-refractivity contribution < 1.29 is 9.47 Å². The minimum Gasteiger partial charge on any atom is -0.492 e. The Bertz CT molecular complexity index is 1140. The van der Waals surface area contributed by atoms with Gasteiger partial charge in [-0.05, 0) is 85.5 Å². The van der Waals surface area contributed by atoms with E-state index < -0.39 is 0 Å². The number of ether oxygens (including phenoxy) is 2. The van der Waals surface area contributed by atoms with Crippen LogP contribution < -0.4 is 4.74 Å². The summed E-state index contributed by atoms with van der Waals surface area (Å²) in [5.74, 6) is 8.12. The fraction of sp³-hybridized carbons (Fsp3) is 0.367. The van der Waals surface area contributed by atoms with E-state index in [-0.39, 0.29) is 0 Å². The lowest BCUT2D eigenvalue weighted by atomic mass is 10.1. The van der Waals surface area contributed by atoms with E-state index in [1.807, 2.05) is 66.9 Å². The van der Waals surface area contributed by atoms with E-state index in [0.717, 1.165) is 71.7 Å². The summed E-state index contributed by atoms with van der Waals surface area (Å²) >= 11 is 5.97. The summed E-state index contributed by atoms with van der Waals surface area (Å²) < 4.78 is 11.6. The van der Waals surface area contributed by atoms with E-state index in [4.69, 9.17) is 21.1 Å². The zero-order chi connectivity index (χ0) is 23.9. The summed E-state index contributed by atoms with van der Waals surface area (Å²) in [6.07, 6.45) is 6.88. The summed E-state index contributed by atoms with van der Waals surface area (Å²) in [6.45, 7) is 4.66. The Labute approximate surface area is 213 Å².